The third-order valence-electron chi connectivity index (χ3n) is 2.83. The average Bonchev–Trinajstić information content (AvgIpc) is 2.82. The van der Waals surface area contributed by atoms with Gasteiger partial charge in [0.15, 0.2) is 5.76 Å². The standard InChI is InChI=1S/C15H8ClI2NO/c16-15-19-13(9-1-5-11(17)6-2-9)14(20-15)10-3-7-12(18)8-4-10/h1-8H. The van der Waals surface area contributed by atoms with Gasteiger partial charge in [-0.25, -0.2) is 0 Å². The van der Waals surface area contributed by atoms with Gasteiger partial charge in [-0.3, -0.25) is 0 Å². The molecule has 0 fully saturated rings. The molecule has 2 nitrogen and oxygen atoms in total. The number of halogens is 3. The van der Waals surface area contributed by atoms with Gasteiger partial charge in [-0.1, -0.05) is 24.3 Å². The van der Waals surface area contributed by atoms with Gasteiger partial charge >= 0.3 is 0 Å². The number of benzene rings is 2. The fraction of sp³-hybridized carbons (Fsp3) is 0. The highest BCUT2D eigenvalue weighted by Crippen LogP contribution is 2.34. The van der Waals surface area contributed by atoms with Crippen molar-refractivity contribution in [2.45, 2.75) is 0 Å². The van der Waals surface area contributed by atoms with Gasteiger partial charge in [-0.2, -0.15) is 4.98 Å². The molecule has 3 rings (SSSR count). The minimum atomic E-state index is 0.159. The quantitative estimate of drug-likeness (QED) is 0.406. The Hall–Kier alpha value is -0.600. The smallest absolute Gasteiger partial charge is 0.293 e. The first-order valence-electron chi connectivity index (χ1n) is 5.82. The maximum Gasteiger partial charge on any atom is 0.293 e. The van der Waals surface area contributed by atoms with E-state index in [4.69, 9.17) is 16.0 Å². The second kappa shape index (κ2) is 6.03. The Bertz CT molecular complexity index is 673. The highest BCUT2D eigenvalue weighted by Gasteiger charge is 2.15. The number of aromatic nitrogens is 1. The molecule has 1 heterocycles. The number of hydrogen-bond donors (Lipinski definition) is 0. The van der Waals surface area contributed by atoms with Crippen molar-refractivity contribution in [2.24, 2.45) is 0 Å². The highest BCUT2D eigenvalue weighted by atomic mass is 127. The second-order valence-electron chi connectivity index (χ2n) is 4.16. The van der Waals surface area contributed by atoms with Crippen LogP contribution in [0.25, 0.3) is 22.6 Å². The SMILES string of the molecule is Clc1nc(-c2ccc(I)cc2)c(-c2ccc(I)cc2)o1. The van der Waals surface area contributed by atoms with Crippen LogP contribution < -0.4 is 0 Å². The summed E-state index contributed by atoms with van der Waals surface area (Å²) < 4.78 is 7.93. The lowest BCUT2D eigenvalue weighted by molar-refractivity contribution is 0.574. The Morgan fingerprint density at radius 3 is 1.85 bits per heavy atom. The van der Waals surface area contributed by atoms with Gasteiger partial charge in [-0.15, -0.1) is 0 Å². The van der Waals surface area contributed by atoms with Crippen LogP contribution >= 0.6 is 56.8 Å². The molecule has 0 unspecified atom stereocenters. The van der Waals surface area contributed by atoms with Gasteiger partial charge in [0.05, 0.1) is 0 Å². The van der Waals surface area contributed by atoms with E-state index in [1.807, 2.05) is 48.5 Å². The van der Waals surface area contributed by atoms with E-state index in [0.29, 0.717) is 5.76 Å². The van der Waals surface area contributed by atoms with E-state index in [2.05, 4.69) is 50.2 Å². The molecule has 0 spiro atoms. The fourth-order valence-electron chi connectivity index (χ4n) is 1.89. The molecule has 0 N–H and O–H groups in total. The minimum Gasteiger partial charge on any atom is -0.427 e. The Morgan fingerprint density at radius 1 is 0.800 bits per heavy atom. The number of rotatable bonds is 2. The third-order valence-corrected chi connectivity index (χ3v) is 4.43. The first-order valence-corrected chi connectivity index (χ1v) is 8.35. The lowest BCUT2D eigenvalue weighted by Gasteiger charge is -2.02. The molecule has 0 atom stereocenters. The average molecular weight is 507 g/mol. The van der Waals surface area contributed by atoms with E-state index < -0.39 is 0 Å². The van der Waals surface area contributed by atoms with E-state index in [9.17, 15) is 0 Å². The highest BCUT2D eigenvalue weighted by molar-refractivity contribution is 14.1. The molecule has 5 heteroatoms. The summed E-state index contributed by atoms with van der Waals surface area (Å²) in [6.45, 7) is 0. The molecular weight excluding hydrogens is 499 g/mol. The van der Waals surface area contributed by atoms with Crippen LogP contribution in [0.4, 0.5) is 0 Å². The zero-order valence-electron chi connectivity index (χ0n) is 10.1. The van der Waals surface area contributed by atoms with Crippen molar-refractivity contribution in [3.05, 3.63) is 61.0 Å². The molecule has 100 valence electrons. The molecular formula is C15H8ClI2NO. The molecule has 20 heavy (non-hydrogen) atoms. The van der Waals surface area contributed by atoms with Crippen molar-refractivity contribution in [1.29, 1.82) is 0 Å². The topological polar surface area (TPSA) is 26.0 Å². The molecule has 0 saturated carbocycles. The van der Waals surface area contributed by atoms with Crippen molar-refractivity contribution < 1.29 is 4.42 Å². The maximum atomic E-state index is 5.95. The zero-order valence-corrected chi connectivity index (χ0v) is 15.2. The first kappa shape index (κ1) is 14.3. The van der Waals surface area contributed by atoms with Crippen LogP contribution in [-0.4, -0.2) is 4.98 Å². The fourth-order valence-corrected chi connectivity index (χ4v) is 2.78. The maximum absolute atomic E-state index is 5.95. The Kier molecular flexibility index (Phi) is 4.32. The Balaban J connectivity index is 2.12. The van der Waals surface area contributed by atoms with Crippen molar-refractivity contribution >= 4 is 56.8 Å². The summed E-state index contributed by atoms with van der Waals surface area (Å²) >= 11 is 10.5. The van der Waals surface area contributed by atoms with Crippen molar-refractivity contribution in [3.63, 3.8) is 0 Å². The van der Waals surface area contributed by atoms with Crippen LogP contribution in [-0.2, 0) is 0 Å². The molecule has 0 aliphatic heterocycles. The van der Waals surface area contributed by atoms with E-state index >= 15 is 0 Å². The van der Waals surface area contributed by atoms with Crippen LogP contribution in [0.5, 0.6) is 0 Å². The zero-order chi connectivity index (χ0) is 14.1. The summed E-state index contributed by atoms with van der Waals surface area (Å²) in [7, 11) is 0. The Labute approximate surface area is 148 Å². The van der Waals surface area contributed by atoms with Crippen LogP contribution in [0.1, 0.15) is 0 Å². The van der Waals surface area contributed by atoms with Crippen LogP contribution in [0.15, 0.2) is 52.9 Å². The van der Waals surface area contributed by atoms with E-state index in [-0.39, 0.29) is 5.35 Å². The number of hydrogen-bond acceptors (Lipinski definition) is 2. The molecule has 3 aromatic rings. The van der Waals surface area contributed by atoms with Gasteiger partial charge in [0.2, 0.25) is 0 Å². The van der Waals surface area contributed by atoms with Gasteiger partial charge in [0.1, 0.15) is 5.69 Å². The molecule has 0 amide bonds. The summed E-state index contributed by atoms with van der Waals surface area (Å²) in [6.07, 6.45) is 0. The Morgan fingerprint density at radius 2 is 1.30 bits per heavy atom. The summed E-state index contributed by atoms with van der Waals surface area (Å²) in [5.74, 6) is 0.701. The molecule has 1 aromatic heterocycles. The summed E-state index contributed by atoms with van der Waals surface area (Å²) in [6, 6.07) is 16.2. The van der Waals surface area contributed by atoms with Gasteiger partial charge in [0.25, 0.3) is 5.35 Å². The molecule has 0 bridgehead atoms. The van der Waals surface area contributed by atoms with Gasteiger partial charge in [0, 0.05) is 18.3 Å². The molecule has 0 aliphatic carbocycles. The van der Waals surface area contributed by atoms with Crippen molar-refractivity contribution in [2.75, 3.05) is 0 Å². The molecule has 0 aliphatic rings. The van der Waals surface area contributed by atoms with E-state index in [0.717, 1.165) is 16.8 Å². The molecule has 0 radical (unpaired) electrons. The molecule has 0 saturated heterocycles. The number of oxazole rings is 1. The lowest BCUT2D eigenvalue weighted by atomic mass is 10.1. The molecule has 2 aromatic carbocycles. The van der Waals surface area contributed by atoms with Gasteiger partial charge < -0.3 is 4.42 Å². The van der Waals surface area contributed by atoms with Gasteiger partial charge in [-0.05, 0) is 81.0 Å². The largest absolute Gasteiger partial charge is 0.427 e. The van der Waals surface area contributed by atoms with E-state index in [1.165, 1.54) is 7.14 Å². The van der Waals surface area contributed by atoms with Crippen LogP contribution in [0.2, 0.25) is 5.35 Å². The first-order chi connectivity index (χ1) is 9.63. The predicted octanol–water partition coefficient (Wildman–Crippen LogP) is 5.87. The normalized spacial score (nSPS) is 10.8. The van der Waals surface area contributed by atoms with Crippen molar-refractivity contribution in [1.82, 2.24) is 4.98 Å². The van der Waals surface area contributed by atoms with E-state index in [1.54, 1.807) is 0 Å². The summed E-state index contributed by atoms with van der Waals surface area (Å²) in [4.78, 5) is 4.30. The van der Waals surface area contributed by atoms with Crippen molar-refractivity contribution in [3.8, 4) is 22.6 Å². The summed E-state index contributed by atoms with van der Waals surface area (Å²) in [5.41, 5.74) is 2.74. The third kappa shape index (κ3) is 3.01. The van der Waals surface area contributed by atoms with Crippen LogP contribution in [0, 0.1) is 7.14 Å². The number of nitrogens with zero attached hydrogens (tertiary/aromatic N) is 1. The lowest BCUT2D eigenvalue weighted by Crippen LogP contribution is -1.83. The van der Waals surface area contributed by atoms with Crippen LogP contribution in [0.3, 0.4) is 0 Å². The second-order valence-corrected chi connectivity index (χ2v) is 6.97. The summed E-state index contributed by atoms with van der Waals surface area (Å²) in [5, 5.41) is 0.159. The predicted molar refractivity (Wildman–Crippen MR) is 97.8 cm³/mol. The monoisotopic (exact) mass is 507 g/mol. The minimum absolute atomic E-state index is 0.159.